The lowest BCUT2D eigenvalue weighted by Gasteiger charge is -2.18. The van der Waals surface area contributed by atoms with Gasteiger partial charge in [0, 0.05) is 22.6 Å². The topological polar surface area (TPSA) is 40.7 Å². The van der Waals surface area contributed by atoms with Gasteiger partial charge in [-0.2, -0.15) is 13.2 Å². The van der Waals surface area contributed by atoms with Gasteiger partial charge in [-0.3, -0.25) is 0 Å². The van der Waals surface area contributed by atoms with Crippen molar-refractivity contribution in [1.29, 1.82) is 0 Å². The van der Waals surface area contributed by atoms with Crippen LogP contribution < -0.4 is 5.32 Å². The lowest BCUT2D eigenvalue weighted by atomic mass is 10.1. The van der Waals surface area contributed by atoms with Crippen LogP contribution in [0.3, 0.4) is 0 Å². The number of H-pyrrole nitrogens is 1. The van der Waals surface area contributed by atoms with Crippen LogP contribution in [-0.4, -0.2) is 9.97 Å². The third-order valence-corrected chi connectivity index (χ3v) is 3.08. The van der Waals surface area contributed by atoms with Crippen LogP contribution in [0.1, 0.15) is 24.4 Å². The Kier molecular flexibility index (Phi) is 3.84. The first kappa shape index (κ1) is 13.9. The Balaban J connectivity index is 2.31. The first-order valence-corrected chi connectivity index (χ1v) is 6.30. The number of hydrogen-bond donors (Lipinski definition) is 2. The Hall–Kier alpha value is -1.50. The SMILES string of the molecule is CC(Nc1cc(Br)ccc1C(F)(F)F)c1ncc[nH]1. The molecule has 19 heavy (non-hydrogen) atoms. The van der Waals surface area contributed by atoms with E-state index in [0.29, 0.717) is 10.3 Å². The average Bonchev–Trinajstić information content (AvgIpc) is 2.80. The molecule has 0 spiro atoms. The van der Waals surface area contributed by atoms with Crippen LogP contribution in [0, 0.1) is 0 Å². The molecule has 0 saturated heterocycles. The molecule has 0 aliphatic carbocycles. The Morgan fingerprint density at radius 2 is 2.11 bits per heavy atom. The van der Waals surface area contributed by atoms with Crippen molar-refractivity contribution in [2.45, 2.75) is 19.1 Å². The summed E-state index contributed by atoms with van der Waals surface area (Å²) >= 11 is 3.17. The minimum Gasteiger partial charge on any atom is -0.375 e. The third-order valence-electron chi connectivity index (χ3n) is 2.59. The molecule has 0 amide bonds. The van der Waals surface area contributed by atoms with E-state index in [0.717, 1.165) is 6.07 Å². The summed E-state index contributed by atoms with van der Waals surface area (Å²) in [5.74, 6) is 0.577. The first-order valence-electron chi connectivity index (χ1n) is 5.50. The summed E-state index contributed by atoms with van der Waals surface area (Å²) in [5, 5.41) is 2.82. The lowest BCUT2D eigenvalue weighted by Crippen LogP contribution is -2.14. The van der Waals surface area contributed by atoms with E-state index < -0.39 is 11.7 Å². The van der Waals surface area contributed by atoms with Crippen molar-refractivity contribution >= 4 is 21.6 Å². The number of aromatic amines is 1. The second-order valence-electron chi connectivity index (χ2n) is 4.03. The number of nitrogens with one attached hydrogen (secondary N) is 2. The predicted molar refractivity (Wildman–Crippen MR) is 69.8 cm³/mol. The van der Waals surface area contributed by atoms with Crippen LogP contribution in [0.2, 0.25) is 0 Å². The van der Waals surface area contributed by atoms with Crippen molar-refractivity contribution < 1.29 is 13.2 Å². The van der Waals surface area contributed by atoms with E-state index in [1.54, 1.807) is 19.3 Å². The Morgan fingerprint density at radius 3 is 2.68 bits per heavy atom. The van der Waals surface area contributed by atoms with Crippen molar-refractivity contribution in [3.63, 3.8) is 0 Å². The Morgan fingerprint density at radius 1 is 1.37 bits per heavy atom. The van der Waals surface area contributed by atoms with Crippen molar-refractivity contribution in [2.75, 3.05) is 5.32 Å². The van der Waals surface area contributed by atoms with Gasteiger partial charge >= 0.3 is 6.18 Å². The summed E-state index contributed by atoms with van der Waals surface area (Å²) in [7, 11) is 0. The maximum Gasteiger partial charge on any atom is 0.418 e. The number of halogens is 4. The second kappa shape index (κ2) is 5.24. The molecule has 0 radical (unpaired) electrons. The van der Waals surface area contributed by atoms with Gasteiger partial charge in [0.1, 0.15) is 5.82 Å². The molecule has 7 heteroatoms. The lowest BCUT2D eigenvalue weighted by molar-refractivity contribution is -0.137. The van der Waals surface area contributed by atoms with Crippen LogP contribution in [0.15, 0.2) is 35.1 Å². The molecular weight excluding hydrogens is 323 g/mol. The second-order valence-corrected chi connectivity index (χ2v) is 4.94. The Labute approximate surface area is 116 Å². The van der Waals surface area contributed by atoms with Gasteiger partial charge in [-0.15, -0.1) is 0 Å². The van der Waals surface area contributed by atoms with Crippen LogP contribution in [-0.2, 0) is 6.18 Å². The molecule has 0 aliphatic rings. The molecule has 2 N–H and O–H groups in total. The smallest absolute Gasteiger partial charge is 0.375 e. The number of imidazole rings is 1. The number of rotatable bonds is 3. The molecule has 2 rings (SSSR count). The minimum atomic E-state index is -4.40. The summed E-state index contributed by atoms with van der Waals surface area (Å²) in [5.41, 5.74) is -0.681. The zero-order valence-corrected chi connectivity index (χ0v) is 11.5. The van der Waals surface area contributed by atoms with Gasteiger partial charge in [0.2, 0.25) is 0 Å². The molecule has 1 unspecified atom stereocenters. The number of benzene rings is 1. The number of anilines is 1. The normalized spacial score (nSPS) is 13.3. The van der Waals surface area contributed by atoms with E-state index in [2.05, 4.69) is 31.2 Å². The van der Waals surface area contributed by atoms with Gasteiger partial charge in [-0.25, -0.2) is 4.98 Å². The highest BCUT2D eigenvalue weighted by Gasteiger charge is 2.33. The standard InChI is InChI=1S/C12H11BrF3N3/c1-7(11-17-4-5-18-11)19-10-6-8(13)2-3-9(10)12(14,15)16/h2-7,19H,1H3,(H,17,18). The molecular formula is C12H11BrF3N3. The van der Waals surface area contributed by atoms with Gasteiger partial charge < -0.3 is 10.3 Å². The van der Waals surface area contributed by atoms with Crippen LogP contribution in [0.4, 0.5) is 18.9 Å². The van der Waals surface area contributed by atoms with E-state index in [4.69, 9.17) is 0 Å². The molecule has 1 aromatic heterocycles. The highest BCUT2D eigenvalue weighted by atomic mass is 79.9. The quantitative estimate of drug-likeness (QED) is 0.875. The molecule has 0 aliphatic heterocycles. The molecule has 1 aromatic carbocycles. The molecule has 3 nitrogen and oxygen atoms in total. The highest BCUT2D eigenvalue weighted by molar-refractivity contribution is 9.10. The van der Waals surface area contributed by atoms with Gasteiger partial charge in [0.05, 0.1) is 11.6 Å². The molecule has 0 saturated carbocycles. The van der Waals surface area contributed by atoms with Gasteiger partial charge in [0.15, 0.2) is 0 Å². The third kappa shape index (κ3) is 3.28. The summed E-state index contributed by atoms with van der Waals surface area (Å²) in [6.45, 7) is 1.74. The largest absolute Gasteiger partial charge is 0.418 e. The number of alkyl halides is 3. The molecule has 1 heterocycles. The number of hydrogen-bond acceptors (Lipinski definition) is 2. The zero-order valence-electron chi connectivity index (χ0n) is 9.92. The fourth-order valence-corrected chi connectivity index (χ4v) is 2.06. The van der Waals surface area contributed by atoms with E-state index in [1.165, 1.54) is 12.1 Å². The van der Waals surface area contributed by atoms with Crippen LogP contribution >= 0.6 is 15.9 Å². The van der Waals surface area contributed by atoms with Crippen LogP contribution in [0.25, 0.3) is 0 Å². The van der Waals surface area contributed by atoms with Gasteiger partial charge in [0.25, 0.3) is 0 Å². The van der Waals surface area contributed by atoms with Crippen molar-refractivity contribution in [3.8, 4) is 0 Å². The monoisotopic (exact) mass is 333 g/mol. The highest BCUT2D eigenvalue weighted by Crippen LogP contribution is 2.37. The minimum absolute atomic E-state index is 0.0192. The van der Waals surface area contributed by atoms with E-state index in [1.807, 2.05) is 0 Å². The zero-order chi connectivity index (χ0) is 14.0. The maximum atomic E-state index is 12.9. The van der Waals surface area contributed by atoms with Gasteiger partial charge in [-0.05, 0) is 25.1 Å². The van der Waals surface area contributed by atoms with Crippen LogP contribution in [0.5, 0.6) is 0 Å². The molecule has 102 valence electrons. The van der Waals surface area contributed by atoms with E-state index >= 15 is 0 Å². The molecule has 2 aromatic rings. The summed E-state index contributed by atoms with van der Waals surface area (Å²) in [6, 6.07) is 3.46. The summed E-state index contributed by atoms with van der Waals surface area (Å²) < 4.78 is 39.3. The molecule has 1 atom stereocenters. The summed E-state index contributed by atoms with van der Waals surface area (Å²) in [4.78, 5) is 6.88. The maximum absolute atomic E-state index is 12.9. The van der Waals surface area contributed by atoms with E-state index in [-0.39, 0.29) is 11.7 Å². The molecule has 0 fully saturated rings. The number of aromatic nitrogens is 2. The molecule has 0 bridgehead atoms. The van der Waals surface area contributed by atoms with E-state index in [9.17, 15) is 13.2 Å². The fourth-order valence-electron chi connectivity index (χ4n) is 1.70. The summed E-state index contributed by atoms with van der Waals surface area (Å²) in [6.07, 6.45) is -1.22. The first-order chi connectivity index (χ1) is 8.88. The fraction of sp³-hybridized carbons (Fsp3) is 0.250. The predicted octanol–water partition coefficient (Wildman–Crippen LogP) is 4.36. The van der Waals surface area contributed by atoms with Crippen molar-refractivity contribution in [2.24, 2.45) is 0 Å². The van der Waals surface area contributed by atoms with Gasteiger partial charge in [-0.1, -0.05) is 15.9 Å². The Bertz CT molecular complexity index is 552. The van der Waals surface area contributed by atoms with Crippen molar-refractivity contribution in [3.05, 3.63) is 46.5 Å². The number of nitrogens with zero attached hydrogens (tertiary/aromatic N) is 1. The van der Waals surface area contributed by atoms with Crippen molar-refractivity contribution in [1.82, 2.24) is 9.97 Å². The average molecular weight is 334 g/mol.